The highest BCUT2D eigenvalue weighted by Crippen LogP contribution is 2.12. The van der Waals surface area contributed by atoms with Gasteiger partial charge in [0.1, 0.15) is 5.82 Å². The van der Waals surface area contributed by atoms with Gasteiger partial charge in [0.05, 0.1) is 5.56 Å². The van der Waals surface area contributed by atoms with Crippen LogP contribution < -0.4 is 5.32 Å². The van der Waals surface area contributed by atoms with Crippen molar-refractivity contribution in [3.8, 4) is 0 Å². The van der Waals surface area contributed by atoms with Crippen LogP contribution in [0.25, 0.3) is 0 Å². The van der Waals surface area contributed by atoms with Crippen molar-refractivity contribution in [1.29, 1.82) is 0 Å². The maximum absolute atomic E-state index is 13.6. The van der Waals surface area contributed by atoms with Crippen molar-refractivity contribution in [2.45, 2.75) is 32.7 Å². The Morgan fingerprint density at radius 3 is 2.79 bits per heavy atom. The summed E-state index contributed by atoms with van der Waals surface area (Å²) in [5.74, 6) is -0.788. The minimum atomic E-state index is -0.461. The molecule has 104 valence electrons. The Kier molecular flexibility index (Phi) is 4.53. The zero-order chi connectivity index (χ0) is 13.8. The Labute approximate surface area is 113 Å². The molecule has 1 aromatic rings. The fourth-order valence-corrected chi connectivity index (χ4v) is 2.46. The molecule has 3 nitrogen and oxygen atoms in total. The van der Waals surface area contributed by atoms with Crippen molar-refractivity contribution >= 4 is 5.91 Å². The predicted octanol–water partition coefficient (Wildman–Crippen LogP) is 2.35. The van der Waals surface area contributed by atoms with Crippen LogP contribution in [-0.4, -0.2) is 36.5 Å². The van der Waals surface area contributed by atoms with Crippen LogP contribution in [0.5, 0.6) is 0 Å². The van der Waals surface area contributed by atoms with Crippen molar-refractivity contribution in [1.82, 2.24) is 10.2 Å². The number of hydrogen-bond donors (Lipinski definition) is 1. The van der Waals surface area contributed by atoms with E-state index in [9.17, 15) is 9.18 Å². The molecule has 1 aliphatic rings. The molecule has 0 saturated carbocycles. The molecule has 4 heteroatoms. The smallest absolute Gasteiger partial charge is 0.254 e. The summed E-state index contributed by atoms with van der Waals surface area (Å²) in [5, 5.41) is 2.82. The second-order valence-corrected chi connectivity index (χ2v) is 5.29. The summed E-state index contributed by atoms with van der Waals surface area (Å²) in [6.07, 6.45) is 2.45. The van der Waals surface area contributed by atoms with Gasteiger partial charge in [-0.2, -0.15) is 0 Å². The molecular weight excluding hydrogens is 243 g/mol. The number of hydrogen-bond acceptors (Lipinski definition) is 2. The molecule has 0 bridgehead atoms. The van der Waals surface area contributed by atoms with Gasteiger partial charge in [0.15, 0.2) is 0 Å². The maximum atomic E-state index is 13.6. The van der Waals surface area contributed by atoms with Crippen LogP contribution >= 0.6 is 0 Å². The second-order valence-electron chi connectivity index (χ2n) is 5.29. The SMILES string of the molecule is Cc1ccc(F)c(C(=O)NCC(C)N2CCCC2)c1. The molecule has 1 amide bonds. The van der Waals surface area contributed by atoms with Crippen molar-refractivity contribution in [3.63, 3.8) is 0 Å². The lowest BCUT2D eigenvalue weighted by Crippen LogP contribution is -2.40. The van der Waals surface area contributed by atoms with Gasteiger partial charge < -0.3 is 5.32 Å². The van der Waals surface area contributed by atoms with Gasteiger partial charge in [-0.25, -0.2) is 4.39 Å². The number of carbonyl (C=O) groups excluding carboxylic acids is 1. The standard InChI is InChI=1S/C15H21FN2O/c1-11-5-6-14(16)13(9-11)15(19)17-10-12(2)18-7-3-4-8-18/h5-6,9,12H,3-4,7-8,10H2,1-2H3,(H,17,19). The lowest BCUT2D eigenvalue weighted by atomic mass is 10.1. The van der Waals surface area contributed by atoms with Crippen molar-refractivity contribution < 1.29 is 9.18 Å². The molecule has 1 aliphatic heterocycles. The molecule has 1 N–H and O–H groups in total. The van der Waals surface area contributed by atoms with E-state index in [4.69, 9.17) is 0 Å². The van der Waals surface area contributed by atoms with Crippen LogP contribution in [0.15, 0.2) is 18.2 Å². The average molecular weight is 264 g/mol. The van der Waals surface area contributed by atoms with Gasteiger partial charge in [0.25, 0.3) is 5.91 Å². The second kappa shape index (κ2) is 6.15. The van der Waals surface area contributed by atoms with Gasteiger partial charge in [-0.05, 0) is 51.9 Å². The number of rotatable bonds is 4. The summed E-state index contributed by atoms with van der Waals surface area (Å²) < 4.78 is 13.6. The highest BCUT2D eigenvalue weighted by Gasteiger charge is 2.19. The number of amides is 1. The highest BCUT2D eigenvalue weighted by atomic mass is 19.1. The molecule has 1 atom stereocenters. The van der Waals surface area contributed by atoms with E-state index in [-0.39, 0.29) is 11.5 Å². The summed E-state index contributed by atoms with van der Waals surface area (Å²) in [5.41, 5.74) is 1.02. The molecular formula is C15H21FN2O. The molecule has 2 rings (SSSR count). The summed E-state index contributed by atoms with van der Waals surface area (Å²) in [7, 11) is 0. The van der Waals surface area contributed by atoms with Crippen LogP contribution in [0.3, 0.4) is 0 Å². The van der Waals surface area contributed by atoms with E-state index in [1.54, 1.807) is 12.1 Å². The zero-order valence-corrected chi connectivity index (χ0v) is 11.6. The average Bonchev–Trinajstić information content (AvgIpc) is 2.92. The van der Waals surface area contributed by atoms with Crippen molar-refractivity contribution in [2.24, 2.45) is 0 Å². The van der Waals surface area contributed by atoms with Gasteiger partial charge in [-0.1, -0.05) is 11.6 Å². The van der Waals surface area contributed by atoms with Crippen LogP contribution in [-0.2, 0) is 0 Å². The molecule has 19 heavy (non-hydrogen) atoms. The molecule has 1 aromatic carbocycles. The predicted molar refractivity (Wildman–Crippen MR) is 73.7 cm³/mol. The Morgan fingerprint density at radius 2 is 2.11 bits per heavy atom. The normalized spacial score (nSPS) is 17.4. The summed E-state index contributed by atoms with van der Waals surface area (Å²) in [6, 6.07) is 4.90. The summed E-state index contributed by atoms with van der Waals surface area (Å²) >= 11 is 0. The van der Waals surface area contributed by atoms with Gasteiger partial charge in [0, 0.05) is 12.6 Å². The van der Waals surface area contributed by atoms with Gasteiger partial charge in [-0.15, -0.1) is 0 Å². The first kappa shape index (κ1) is 14.0. The Hall–Kier alpha value is -1.42. The number of nitrogens with zero attached hydrogens (tertiary/aromatic N) is 1. The van der Waals surface area contributed by atoms with Crippen LogP contribution in [0.1, 0.15) is 35.7 Å². The van der Waals surface area contributed by atoms with Gasteiger partial charge in [0.2, 0.25) is 0 Å². The molecule has 0 radical (unpaired) electrons. The molecule has 1 saturated heterocycles. The van der Waals surface area contributed by atoms with E-state index < -0.39 is 5.82 Å². The molecule has 1 heterocycles. The third-order valence-electron chi connectivity index (χ3n) is 3.69. The molecule has 0 aliphatic carbocycles. The van der Waals surface area contributed by atoms with E-state index in [0.717, 1.165) is 18.7 Å². The monoisotopic (exact) mass is 264 g/mol. The van der Waals surface area contributed by atoms with E-state index in [2.05, 4.69) is 17.1 Å². The van der Waals surface area contributed by atoms with E-state index >= 15 is 0 Å². The number of likely N-dealkylation sites (tertiary alicyclic amines) is 1. The number of carbonyl (C=O) groups is 1. The highest BCUT2D eigenvalue weighted by molar-refractivity contribution is 5.94. The summed E-state index contributed by atoms with van der Waals surface area (Å²) in [6.45, 7) is 6.69. The molecule has 0 aromatic heterocycles. The fourth-order valence-electron chi connectivity index (χ4n) is 2.46. The van der Waals surface area contributed by atoms with Crippen LogP contribution in [0, 0.1) is 12.7 Å². The first-order valence-electron chi connectivity index (χ1n) is 6.86. The Morgan fingerprint density at radius 1 is 1.42 bits per heavy atom. The van der Waals surface area contributed by atoms with E-state index in [1.807, 2.05) is 6.92 Å². The summed E-state index contributed by atoms with van der Waals surface area (Å²) in [4.78, 5) is 14.3. The number of halogens is 1. The van der Waals surface area contributed by atoms with Gasteiger partial charge >= 0.3 is 0 Å². The molecule has 0 spiro atoms. The maximum Gasteiger partial charge on any atom is 0.254 e. The zero-order valence-electron chi connectivity index (χ0n) is 11.6. The minimum absolute atomic E-state index is 0.133. The van der Waals surface area contributed by atoms with Crippen LogP contribution in [0.2, 0.25) is 0 Å². The van der Waals surface area contributed by atoms with Crippen LogP contribution in [0.4, 0.5) is 4.39 Å². The van der Waals surface area contributed by atoms with Crippen molar-refractivity contribution in [2.75, 3.05) is 19.6 Å². The van der Waals surface area contributed by atoms with E-state index in [1.165, 1.54) is 18.9 Å². The Balaban J connectivity index is 1.91. The van der Waals surface area contributed by atoms with E-state index in [0.29, 0.717) is 12.6 Å². The number of aryl methyl sites for hydroxylation is 1. The first-order valence-corrected chi connectivity index (χ1v) is 6.86. The molecule has 1 fully saturated rings. The quantitative estimate of drug-likeness (QED) is 0.905. The third-order valence-corrected chi connectivity index (χ3v) is 3.69. The third kappa shape index (κ3) is 3.53. The fraction of sp³-hybridized carbons (Fsp3) is 0.533. The number of nitrogens with one attached hydrogen (secondary N) is 1. The van der Waals surface area contributed by atoms with Gasteiger partial charge in [-0.3, -0.25) is 9.69 Å². The Bertz CT molecular complexity index is 455. The first-order chi connectivity index (χ1) is 9.08. The molecule has 1 unspecified atom stereocenters. The largest absolute Gasteiger partial charge is 0.350 e. The lowest BCUT2D eigenvalue weighted by molar-refractivity contribution is 0.0936. The number of benzene rings is 1. The minimum Gasteiger partial charge on any atom is -0.350 e. The van der Waals surface area contributed by atoms with Crippen molar-refractivity contribution in [3.05, 3.63) is 35.1 Å². The lowest BCUT2D eigenvalue weighted by Gasteiger charge is -2.23. The topological polar surface area (TPSA) is 32.3 Å².